The number of anilines is 1. The molecular weight excluding hydrogens is 508 g/mol. The molecule has 3 N–H and O–H groups in total. The highest BCUT2D eigenvalue weighted by Crippen LogP contribution is 2.36. The fourth-order valence-corrected chi connectivity index (χ4v) is 5.24. The van der Waals surface area contributed by atoms with E-state index >= 15 is 0 Å². The predicted molar refractivity (Wildman–Crippen MR) is 146 cm³/mol. The maximum Gasteiger partial charge on any atom is 0.317 e. The normalized spacial score (nSPS) is 18.6. The van der Waals surface area contributed by atoms with Crippen LogP contribution in [0.25, 0.3) is 0 Å². The highest BCUT2D eigenvalue weighted by molar-refractivity contribution is 7.92. The third kappa shape index (κ3) is 6.76. The molecule has 0 fully saturated rings. The van der Waals surface area contributed by atoms with Gasteiger partial charge in [0.2, 0.25) is 0 Å². The molecule has 0 aliphatic carbocycles. The van der Waals surface area contributed by atoms with Crippen molar-refractivity contribution in [1.29, 1.82) is 0 Å². The Bertz CT molecular complexity index is 1250. The number of carbonyl (C=O) groups is 2. The van der Waals surface area contributed by atoms with Gasteiger partial charge in [0, 0.05) is 25.6 Å². The zero-order valence-electron chi connectivity index (χ0n) is 22.8. The zero-order valence-corrected chi connectivity index (χ0v) is 23.6. The largest absolute Gasteiger partial charge is 0.485 e. The Morgan fingerprint density at radius 1 is 1.18 bits per heavy atom. The summed E-state index contributed by atoms with van der Waals surface area (Å²) in [6, 6.07) is 10.3. The molecule has 11 heteroatoms. The van der Waals surface area contributed by atoms with Crippen LogP contribution in [0.15, 0.2) is 47.4 Å². The minimum Gasteiger partial charge on any atom is -0.485 e. The Morgan fingerprint density at radius 2 is 1.84 bits per heavy atom. The lowest BCUT2D eigenvalue weighted by molar-refractivity contribution is 0.0369. The molecule has 2 aromatic rings. The summed E-state index contributed by atoms with van der Waals surface area (Å²) in [7, 11) is -2.34. The quantitative estimate of drug-likeness (QED) is 0.467. The number of aliphatic hydroxyl groups is 1. The highest BCUT2D eigenvalue weighted by atomic mass is 32.2. The number of hydrogen-bond acceptors (Lipinski definition) is 6. The molecule has 3 rings (SSSR count). The second-order valence-electron chi connectivity index (χ2n) is 10.2. The number of rotatable bonds is 8. The van der Waals surface area contributed by atoms with Gasteiger partial charge in [-0.25, -0.2) is 13.2 Å². The van der Waals surface area contributed by atoms with E-state index in [9.17, 15) is 23.1 Å². The number of para-hydroxylation sites is 1. The molecule has 10 nitrogen and oxygen atoms in total. The second kappa shape index (κ2) is 12.0. The van der Waals surface area contributed by atoms with Gasteiger partial charge in [-0.2, -0.15) is 0 Å². The fraction of sp³-hybridized carbons (Fsp3) is 0.481. The van der Waals surface area contributed by atoms with Crippen molar-refractivity contribution in [3.05, 3.63) is 53.6 Å². The summed E-state index contributed by atoms with van der Waals surface area (Å²) in [5, 5.41) is 12.7. The second-order valence-corrected chi connectivity index (χ2v) is 11.9. The fourth-order valence-electron chi connectivity index (χ4n) is 4.17. The van der Waals surface area contributed by atoms with Gasteiger partial charge in [-0.05, 0) is 52.0 Å². The van der Waals surface area contributed by atoms with Crippen LogP contribution < -0.4 is 14.8 Å². The maximum absolute atomic E-state index is 13.6. The van der Waals surface area contributed by atoms with Crippen molar-refractivity contribution >= 4 is 27.6 Å². The van der Waals surface area contributed by atoms with Crippen LogP contribution in [0.1, 0.15) is 43.6 Å². The van der Waals surface area contributed by atoms with Gasteiger partial charge in [-0.3, -0.25) is 9.52 Å². The van der Waals surface area contributed by atoms with Crippen LogP contribution in [-0.2, 0) is 10.0 Å². The summed E-state index contributed by atoms with van der Waals surface area (Å²) in [5.74, 6) is -0.552. The molecule has 1 heterocycles. The number of likely N-dealkylation sites (N-methyl/N-ethyl adjacent to an activating group) is 1. The average Bonchev–Trinajstić information content (AvgIpc) is 2.85. The van der Waals surface area contributed by atoms with E-state index in [0.29, 0.717) is 0 Å². The first-order valence-corrected chi connectivity index (χ1v) is 14.1. The van der Waals surface area contributed by atoms with E-state index in [1.54, 1.807) is 43.1 Å². The van der Waals surface area contributed by atoms with E-state index in [1.807, 2.05) is 27.7 Å². The smallest absolute Gasteiger partial charge is 0.317 e. The number of fused-ring (bicyclic) bond motifs is 1. The molecule has 0 saturated carbocycles. The van der Waals surface area contributed by atoms with Gasteiger partial charge >= 0.3 is 6.03 Å². The van der Waals surface area contributed by atoms with E-state index in [0.717, 1.165) is 5.56 Å². The first kappa shape index (κ1) is 29.2. The number of carbonyl (C=O) groups excluding carboxylic acids is 2. The van der Waals surface area contributed by atoms with Gasteiger partial charge in [0.05, 0.1) is 35.3 Å². The van der Waals surface area contributed by atoms with Crippen LogP contribution >= 0.6 is 0 Å². The molecule has 1 aliphatic heterocycles. The lowest BCUT2D eigenvalue weighted by Crippen LogP contribution is -2.51. The van der Waals surface area contributed by atoms with Gasteiger partial charge in [-0.15, -0.1) is 0 Å². The molecule has 0 radical (unpaired) electrons. The van der Waals surface area contributed by atoms with Gasteiger partial charge in [0.25, 0.3) is 15.9 Å². The van der Waals surface area contributed by atoms with Crippen molar-refractivity contribution in [3.8, 4) is 5.75 Å². The van der Waals surface area contributed by atoms with E-state index in [-0.39, 0.29) is 65.5 Å². The predicted octanol–water partition coefficient (Wildman–Crippen LogP) is 3.07. The van der Waals surface area contributed by atoms with Crippen LogP contribution in [0.3, 0.4) is 0 Å². The average molecular weight is 547 g/mol. The number of nitrogens with one attached hydrogen (secondary N) is 2. The third-order valence-electron chi connectivity index (χ3n) is 6.48. The summed E-state index contributed by atoms with van der Waals surface area (Å²) in [4.78, 5) is 29.3. The molecule has 0 bridgehead atoms. The molecule has 2 aromatic carbocycles. The van der Waals surface area contributed by atoms with E-state index in [2.05, 4.69) is 10.0 Å². The number of aryl methyl sites for hydroxylation is 1. The molecule has 208 valence electrons. The molecule has 0 saturated heterocycles. The van der Waals surface area contributed by atoms with Crippen LogP contribution in [0.5, 0.6) is 5.75 Å². The Morgan fingerprint density at radius 3 is 2.45 bits per heavy atom. The maximum atomic E-state index is 13.6. The number of ether oxygens (including phenoxy) is 1. The number of benzene rings is 2. The molecule has 0 spiro atoms. The molecule has 0 unspecified atom stereocenters. The third-order valence-corrected chi connectivity index (χ3v) is 7.86. The SMILES string of the molecule is Cc1ccc(S(=O)(=O)Nc2cccc3c2O[C@H](CN(C)C(=O)NC(C)C)[C@@H](C)CN([C@@H](C)CO)C3=O)cc1. The summed E-state index contributed by atoms with van der Waals surface area (Å²) in [6.45, 7) is 9.46. The van der Waals surface area contributed by atoms with E-state index in [4.69, 9.17) is 4.74 Å². The summed E-state index contributed by atoms with van der Waals surface area (Å²) in [5.41, 5.74) is 1.20. The lowest BCUT2D eigenvalue weighted by atomic mass is 9.99. The van der Waals surface area contributed by atoms with Gasteiger partial charge in [-0.1, -0.05) is 30.7 Å². The van der Waals surface area contributed by atoms with Gasteiger partial charge < -0.3 is 25.0 Å². The summed E-state index contributed by atoms with van der Waals surface area (Å²) in [6.07, 6.45) is -0.580. The van der Waals surface area contributed by atoms with Crippen molar-refractivity contribution in [2.45, 2.75) is 57.7 Å². The number of aliphatic hydroxyl groups excluding tert-OH is 1. The first-order valence-electron chi connectivity index (χ1n) is 12.7. The number of urea groups is 1. The Hall–Kier alpha value is -3.31. The molecule has 3 atom stereocenters. The van der Waals surface area contributed by atoms with E-state index < -0.39 is 22.2 Å². The lowest BCUT2D eigenvalue weighted by Gasteiger charge is -2.38. The monoisotopic (exact) mass is 546 g/mol. The van der Waals surface area contributed by atoms with Crippen molar-refractivity contribution in [2.24, 2.45) is 5.92 Å². The molecule has 0 aromatic heterocycles. The molecule has 3 amide bonds. The summed E-state index contributed by atoms with van der Waals surface area (Å²) < 4.78 is 35.4. The van der Waals surface area contributed by atoms with Gasteiger partial charge in [0.15, 0.2) is 5.75 Å². The van der Waals surface area contributed by atoms with Crippen LogP contribution in [0.4, 0.5) is 10.5 Å². The van der Waals surface area contributed by atoms with Crippen molar-refractivity contribution in [2.75, 3.05) is 31.5 Å². The molecular formula is C27H38N4O6S. The minimum atomic E-state index is -3.99. The van der Waals surface area contributed by atoms with Crippen molar-refractivity contribution in [1.82, 2.24) is 15.1 Å². The number of hydrogen-bond donors (Lipinski definition) is 3. The van der Waals surface area contributed by atoms with E-state index in [1.165, 1.54) is 23.1 Å². The Balaban J connectivity index is 2.05. The first-order chi connectivity index (χ1) is 17.8. The standard InChI is InChI=1S/C27H38N4O6S/c1-17(2)28-27(34)30(6)15-24-19(4)14-31(20(5)16-32)26(33)22-8-7-9-23(25(22)37-24)29-38(35,36)21-12-10-18(3)11-13-21/h7-13,17,19-20,24,29,32H,14-16H2,1-6H3,(H,28,34)/t19-,20-,24+/m0/s1. The number of sulfonamides is 1. The van der Waals surface area contributed by atoms with Crippen LogP contribution in [0.2, 0.25) is 0 Å². The summed E-state index contributed by atoms with van der Waals surface area (Å²) >= 11 is 0. The van der Waals surface area contributed by atoms with Gasteiger partial charge in [0.1, 0.15) is 6.10 Å². The van der Waals surface area contributed by atoms with Crippen LogP contribution in [-0.4, -0.2) is 80.2 Å². The number of nitrogens with zero attached hydrogens (tertiary/aromatic N) is 2. The molecule has 38 heavy (non-hydrogen) atoms. The van der Waals surface area contributed by atoms with Crippen LogP contribution in [0, 0.1) is 12.8 Å². The number of amides is 3. The topological polar surface area (TPSA) is 128 Å². The zero-order chi connectivity index (χ0) is 28.2. The minimum absolute atomic E-state index is 0.0531. The Labute approximate surface area is 225 Å². The Kier molecular flexibility index (Phi) is 9.26. The van der Waals surface area contributed by atoms with Crippen molar-refractivity contribution in [3.63, 3.8) is 0 Å². The van der Waals surface area contributed by atoms with Crippen molar-refractivity contribution < 1.29 is 27.9 Å². The molecule has 1 aliphatic rings. The highest BCUT2D eigenvalue weighted by Gasteiger charge is 2.35.